The number of nitro groups is 1. The molecule has 0 aliphatic carbocycles. The van der Waals surface area contributed by atoms with Crippen molar-refractivity contribution >= 4 is 23.0 Å². The van der Waals surface area contributed by atoms with Crippen LogP contribution in [0.3, 0.4) is 0 Å². The largest absolute Gasteiger partial charge is 0.508 e. The number of nitrogens with one attached hydrogen (secondary N) is 1. The molecule has 0 saturated carbocycles. The van der Waals surface area contributed by atoms with Gasteiger partial charge in [-0.2, -0.15) is 0 Å². The lowest BCUT2D eigenvalue weighted by Crippen LogP contribution is -2.02. The molecule has 0 radical (unpaired) electrons. The highest BCUT2D eigenvalue weighted by atomic mass is 35.5. The number of benzene rings is 2. The Morgan fingerprint density at radius 1 is 1.33 bits per heavy atom. The SMILES string of the molecule is COc1ccc(CNc2ccc(O)cc2[N+](=O)[O-])cc1Cl. The second-order valence-electron chi connectivity index (χ2n) is 4.28. The molecule has 0 spiro atoms. The number of nitrogens with zero attached hydrogens (tertiary/aromatic N) is 1. The lowest BCUT2D eigenvalue weighted by molar-refractivity contribution is -0.384. The van der Waals surface area contributed by atoms with E-state index >= 15 is 0 Å². The van der Waals surface area contributed by atoms with Gasteiger partial charge in [0.15, 0.2) is 0 Å². The van der Waals surface area contributed by atoms with E-state index in [-0.39, 0.29) is 11.4 Å². The van der Waals surface area contributed by atoms with E-state index in [2.05, 4.69) is 5.32 Å². The standard InChI is InChI=1S/C14H13ClN2O4/c1-21-14-5-2-9(6-11(14)15)8-16-12-4-3-10(18)7-13(12)17(19)20/h2-7,16,18H,8H2,1H3. The van der Waals surface area contributed by atoms with Crippen LogP contribution in [0.1, 0.15) is 5.56 Å². The van der Waals surface area contributed by atoms with E-state index < -0.39 is 4.92 Å². The highest BCUT2D eigenvalue weighted by Gasteiger charge is 2.14. The molecule has 21 heavy (non-hydrogen) atoms. The molecular weight excluding hydrogens is 296 g/mol. The lowest BCUT2D eigenvalue weighted by atomic mass is 10.2. The van der Waals surface area contributed by atoms with E-state index in [1.54, 1.807) is 12.1 Å². The van der Waals surface area contributed by atoms with Crippen LogP contribution in [0.15, 0.2) is 36.4 Å². The van der Waals surface area contributed by atoms with Crippen LogP contribution in [-0.2, 0) is 6.54 Å². The topological polar surface area (TPSA) is 84.6 Å². The number of anilines is 1. The average Bonchev–Trinajstić information content (AvgIpc) is 2.46. The van der Waals surface area contributed by atoms with Crippen LogP contribution in [0.25, 0.3) is 0 Å². The maximum Gasteiger partial charge on any atom is 0.296 e. The van der Waals surface area contributed by atoms with E-state index in [0.717, 1.165) is 11.6 Å². The molecule has 0 aromatic heterocycles. The smallest absolute Gasteiger partial charge is 0.296 e. The minimum absolute atomic E-state index is 0.153. The molecule has 2 N–H and O–H groups in total. The van der Waals surface area contributed by atoms with Gasteiger partial charge in [-0.1, -0.05) is 17.7 Å². The van der Waals surface area contributed by atoms with Crippen molar-refractivity contribution in [1.29, 1.82) is 0 Å². The van der Waals surface area contributed by atoms with Crippen LogP contribution in [0.4, 0.5) is 11.4 Å². The number of phenols is 1. The summed E-state index contributed by atoms with van der Waals surface area (Å²) in [5, 5.41) is 23.7. The van der Waals surface area contributed by atoms with Gasteiger partial charge in [0, 0.05) is 6.54 Å². The quantitative estimate of drug-likeness (QED) is 0.501. The van der Waals surface area contributed by atoms with Crippen molar-refractivity contribution in [2.24, 2.45) is 0 Å². The van der Waals surface area contributed by atoms with Crippen LogP contribution in [0, 0.1) is 10.1 Å². The number of halogens is 1. The van der Waals surface area contributed by atoms with Gasteiger partial charge in [0.25, 0.3) is 5.69 Å². The molecule has 0 heterocycles. The third kappa shape index (κ3) is 3.55. The summed E-state index contributed by atoms with van der Waals surface area (Å²) < 4.78 is 5.06. The van der Waals surface area contributed by atoms with Gasteiger partial charge in [-0.25, -0.2) is 0 Å². The number of hydrogen-bond acceptors (Lipinski definition) is 5. The Kier molecular flexibility index (Phi) is 4.49. The summed E-state index contributed by atoms with van der Waals surface area (Å²) in [6.45, 7) is 0.356. The van der Waals surface area contributed by atoms with E-state index in [1.807, 2.05) is 6.07 Å². The molecule has 110 valence electrons. The number of phenolic OH excluding ortho intramolecular Hbond substituents is 1. The molecule has 6 nitrogen and oxygen atoms in total. The molecule has 0 saturated heterocycles. The zero-order valence-corrected chi connectivity index (χ0v) is 11.9. The molecule has 2 aromatic carbocycles. The van der Waals surface area contributed by atoms with E-state index in [0.29, 0.717) is 23.0 Å². The van der Waals surface area contributed by atoms with Crippen molar-refractivity contribution in [2.45, 2.75) is 6.54 Å². The number of methoxy groups -OCH3 is 1. The molecule has 2 rings (SSSR count). The van der Waals surface area contributed by atoms with Crippen LogP contribution in [0.2, 0.25) is 5.02 Å². The zero-order chi connectivity index (χ0) is 15.4. The molecule has 0 amide bonds. The Labute approximate surface area is 126 Å². The number of nitro benzene ring substituents is 1. The van der Waals surface area contributed by atoms with Crippen molar-refractivity contribution in [3.05, 3.63) is 57.1 Å². The highest BCUT2D eigenvalue weighted by Crippen LogP contribution is 2.29. The van der Waals surface area contributed by atoms with Gasteiger partial charge in [0.1, 0.15) is 17.2 Å². The summed E-state index contributed by atoms with van der Waals surface area (Å²) in [5.74, 6) is 0.413. The second-order valence-corrected chi connectivity index (χ2v) is 4.69. The molecule has 0 aliphatic rings. The van der Waals surface area contributed by atoms with E-state index in [4.69, 9.17) is 16.3 Å². The predicted octanol–water partition coefficient (Wildman–Crippen LogP) is 3.57. The number of ether oxygens (including phenoxy) is 1. The first-order valence-electron chi connectivity index (χ1n) is 6.05. The monoisotopic (exact) mass is 308 g/mol. The minimum Gasteiger partial charge on any atom is -0.508 e. The maximum atomic E-state index is 10.9. The van der Waals surface area contributed by atoms with E-state index in [1.165, 1.54) is 19.2 Å². The molecular formula is C14H13ClN2O4. The Balaban J connectivity index is 2.16. The van der Waals surface area contributed by atoms with Gasteiger partial charge >= 0.3 is 0 Å². The Morgan fingerprint density at radius 3 is 2.71 bits per heavy atom. The minimum atomic E-state index is -0.553. The van der Waals surface area contributed by atoms with Crippen LogP contribution < -0.4 is 10.1 Å². The Bertz CT molecular complexity index is 676. The Hall–Kier alpha value is -2.47. The fourth-order valence-corrected chi connectivity index (χ4v) is 2.12. The summed E-state index contributed by atoms with van der Waals surface area (Å²) in [5.41, 5.74) is 0.988. The van der Waals surface area contributed by atoms with Crippen molar-refractivity contribution in [1.82, 2.24) is 0 Å². The highest BCUT2D eigenvalue weighted by molar-refractivity contribution is 6.32. The number of aromatic hydroxyl groups is 1. The van der Waals surface area contributed by atoms with Crippen LogP contribution in [0.5, 0.6) is 11.5 Å². The number of hydrogen-bond donors (Lipinski definition) is 2. The fraction of sp³-hybridized carbons (Fsp3) is 0.143. The fourth-order valence-electron chi connectivity index (χ4n) is 1.84. The lowest BCUT2D eigenvalue weighted by Gasteiger charge is -2.09. The van der Waals surface area contributed by atoms with Crippen molar-refractivity contribution in [3.63, 3.8) is 0 Å². The molecule has 0 atom stereocenters. The molecule has 0 fully saturated rings. The van der Waals surface area contributed by atoms with Gasteiger partial charge in [-0.3, -0.25) is 10.1 Å². The first-order chi connectivity index (χ1) is 10.0. The molecule has 0 aliphatic heterocycles. The van der Waals surface area contributed by atoms with Gasteiger partial charge in [-0.15, -0.1) is 0 Å². The van der Waals surface area contributed by atoms with Gasteiger partial charge in [-0.05, 0) is 29.8 Å². The number of rotatable bonds is 5. The van der Waals surface area contributed by atoms with Crippen molar-refractivity contribution in [3.8, 4) is 11.5 Å². The maximum absolute atomic E-state index is 10.9. The molecule has 7 heteroatoms. The van der Waals surface area contributed by atoms with Gasteiger partial charge < -0.3 is 15.2 Å². The summed E-state index contributed by atoms with van der Waals surface area (Å²) >= 11 is 6.02. The average molecular weight is 309 g/mol. The summed E-state index contributed by atoms with van der Waals surface area (Å²) in [6.07, 6.45) is 0. The van der Waals surface area contributed by atoms with Crippen molar-refractivity contribution in [2.75, 3.05) is 12.4 Å². The second kappa shape index (κ2) is 6.32. The Morgan fingerprint density at radius 2 is 2.10 bits per heavy atom. The normalized spacial score (nSPS) is 10.2. The van der Waals surface area contributed by atoms with Crippen LogP contribution >= 0.6 is 11.6 Å². The summed E-state index contributed by atoms with van der Waals surface area (Å²) in [4.78, 5) is 10.4. The van der Waals surface area contributed by atoms with Crippen molar-refractivity contribution < 1.29 is 14.8 Å². The van der Waals surface area contributed by atoms with Crippen LogP contribution in [-0.4, -0.2) is 17.1 Å². The molecule has 0 unspecified atom stereocenters. The van der Waals surface area contributed by atoms with Gasteiger partial charge in [0.05, 0.1) is 23.1 Å². The molecule has 2 aromatic rings. The molecule has 0 bridgehead atoms. The zero-order valence-electron chi connectivity index (χ0n) is 11.2. The predicted molar refractivity (Wildman–Crippen MR) is 80.1 cm³/mol. The van der Waals surface area contributed by atoms with Gasteiger partial charge in [0.2, 0.25) is 0 Å². The summed E-state index contributed by atoms with van der Waals surface area (Å²) in [7, 11) is 1.53. The summed E-state index contributed by atoms with van der Waals surface area (Å²) in [6, 6.07) is 9.20. The first-order valence-corrected chi connectivity index (χ1v) is 6.42. The third-order valence-electron chi connectivity index (χ3n) is 2.88. The third-order valence-corrected chi connectivity index (χ3v) is 3.17. The van der Waals surface area contributed by atoms with E-state index in [9.17, 15) is 15.2 Å². The first kappa shape index (κ1) is 14.9.